The zero-order valence-corrected chi connectivity index (χ0v) is 12.5. The number of carbonyl (C=O) groups excluding carboxylic acids is 1. The number of anilines is 1. The van der Waals surface area contributed by atoms with E-state index in [-0.39, 0.29) is 5.56 Å². The van der Waals surface area contributed by atoms with E-state index in [9.17, 15) is 9.59 Å². The zero-order valence-electron chi connectivity index (χ0n) is 10.9. The number of carbonyl (C=O) groups is 2. The first kappa shape index (κ1) is 15.0. The molecule has 1 heterocycles. The highest BCUT2D eigenvalue weighted by atomic mass is 79.9. The Morgan fingerprint density at radius 2 is 2.19 bits per heavy atom. The summed E-state index contributed by atoms with van der Waals surface area (Å²) in [5.41, 5.74) is 0.497. The normalized spacial score (nSPS) is 10.1. The molecule has 21 heavy (non-hydrogen) atoms. The van der Waals surface area contributed by atoms with E-state index in [1.165, 1.54) is 6.07 Å². The molecule has 0 radical (unpaired) electrons. The molecule has 1 aromatic heterocycles. The summed E-state index contributed by atoms with van der Waals surface area (Å²) in [4.78, 5) is 22.7. The highest BCUT2D eigenvalue weighted by Gasteiger charge is 2.10. The summed E-state index contributed by atoms with van der Waals surface area (Å²) < 4.78 is 2.15. The number of amides is 2. The number of benzene rings is 1. The summed E-state index contributed by atoms with van der Waals surface area (Å²) in [5, 5.41) is 18.3. The van der Waals surface area contributed by atoms with Crippen LogP contribution in [0.1, 0.15) is 10.4 Å². The summed E-state index contributed by atoms with van der Waals surface area (Å²) in [6.45, 7) is 0.969. The van der Waals surface area contributed by atoms with Gasteiger partial charge in [-0.2, -0.15) is 5.10 Å². The maximum Gasteiger partial charge on any atom is 0.336 e. The van der Waals surface area contributed by atoms with Gasteiger partial charge in [-0.15, -0.1) is 0 Å². The third-order valence-electron chi connectivity index (χ3n) is 2.64. The Kier molecular flexibility index (Phi) is 4.94. The molecule has 0 saturated carbocycles. The van der Waals surface area contributed by atoms with Crippen LogP contribution in [0.25, 0.3) is 0 Å². The molecule has 0 spiro atoms. The second kappa shape index (κ2) is 6.89. The topological polar surface area (TPSA) is 96.3 Å². The molecule has 7 nitrogen and oxygen atoms in total. The molecular weight excluding hydrogens is 340 g/mol. The van der Waals surface area contributed by atoms with Crippen molar-refractivity contribution in [1.29, 1.82) is 0 Å². The average Bonchev–Trinajstić information content (AvgIpc) is 2.94. The van der Waals surface area contributed by atoms with Crippen molar-refractivity contribution in [3.63, 3.8) is 0 Å². The van der Waals surface area contributed by atoms with E-state index >= 15 is 0 Å². The molecule has 8 heteroatoms. The first-order chi connectivity index (χ1) is 10.1. The predicted octanol–water partition coefficient (Wildman–Crippen LogP) is 2.17. The Bertz CT molecular complexity index is 643. The van der Waals surface area contributed by atoms with Crippen molar-refractivity contribution >= 4 is 33.6 Å². The minimum Gasteiger partial charge on any atom is -0.478 e. The fraction of sp³-hybridized carbons (Fsp3) is 0.154. The lowest BCUT2D eigenvalue weighted by Crippen LogP contribution is -2.31. The summed E-state index contributed by atoms with van der Waals surface area (Å²) in [6.07, 6.45) is 3.46. The van der Waals surface area contributed by atoms with Gasteiger partial charge in [-0.1, -0.05) is 0 Å². The molecule has 0 aliphatic carbocycles. The van der Waals surface area contributed by atoms with Crippen LogP contribution in [0, 0.1) is 0 Å². The van der Waals surface area contributed by atoms with E-state index in [2.05, 4.69) is 31.7 Å². The van der Waals surface area contributed by atoms with Crippen molar-refractivity contribution in [3.05, 3.63) is 46.7 Å². The molecule has 0 saturated heterocycles. The van der Waals surface area contributed by atoms with Gasteiger partial charge in [0.2, 0.25) is 0 Å². The standard InChI is InChI=1S/C13H13BrN4O3/c14-11-3-2-9(8-10(11)12(19)20)17-13(21)15-5-7-18-6-1-4-16-18/h1-4,6,8H,5,7H2,(H,19,20)(H2,15,17,21). The van der Waals surface area contributed by atoms with Crippen molar-refractivity contribution in [2.24, 2.45) is 0 Å². The quantitative estimate of drug-likeness (QED) is 0.768. The molecule has 0 unspecified atom stereocenters. The van der Waals surface area contributed by atoms with Gasteiger partial charge in [0.25, 0.3) is 0 Å². The van der Waals surface area contributed by atoms with Crippen molar-refractivity contribution in [3.8, 4) is 0 Å². The smallest absolute Gasteiger partial charge is 0.336 e. The molecule has 2 aromatic rings. The van der Waals surface area contributed by atoms with Crippen LogP contribution in [0.4, 0.5) is 10.5 Å². The van der Waals surface area contributed by atoms with Gasteiger partial charge in [0, 0.05) is 29.1 Å². The summed E-state index contributed by atoms with van der Waals surface area (Å²) >= 11 is 3.14. The fourth-order valence-electron chi connectivity index (χ4n) is 1.66. The van der Waals surface area contributed by atoms with Crippen LogP contribution < -0.4 is 10.6 Å². The van der Waals surface area contributed by atoms with Gasteiger partial charge >= 0.3 is 12.0 Å². The summed E-state index contributed by atoms with van der Waals surface area (Å²) in [6, 6.07) is 5.97. The molecule has 0 aliphatic rings. The number of aromatic nitrogens is 2. The van der Waals surface area contributed by atoms with Gasteiger partial charge in [-0.25, -0.2) is 9.59 Å². The Morgan fingerprint density at radius 3 is 2.86 bits per heavy atom. The minimum absolute atomic E-state index is 0.0874. The average molecular weight is 353 g/mol. The van der Waals surface area contributed by atoms with Crippen molar-refractivity contribution < 1.29 is 14.7 Å². The predicted molar refractivity (Wildman–Crippen MR) is 80.3 cm³/mol. The lowest BCUT2D eigenvalue weighted by Gasteiger charge is -2.09. The van der Waals surface area contributed by atoms with Gasteiger partial charge in [0.05, 0.1) is 12.1 Å². The SMILES string of the molecule is O=C(NCCn1cccn1)Nc1ccc(Br)c(C(=O)O)c1. The molecule has 1 aromatic carbocycles. The summed E-state index contributed by atoms with van der Waals surface area (Å²) in [7, 11) is 0. The van der Waals surface area contributed by atoms with Crippen LogP contribution in [-0.2, 0) is 6.54 Å². The van der Waals surface area contributed by atoms with Crippen LogP contribution in [0.5, 0.6) is 0 Å². The molecule has 3 N–H and O–H groups in total. The number of halogens is 1. The van der Waals surface area contributed by atoms with E-state index in [4.69, 9.17) is 5.11 Å². The molecule has 0 atom stereocenters. The lowest BCUT2D eigenvalue weighted by molar-refractivity contribution is 0.0696. The first-order valence-electron chi connectivity index (χ1n) is 6.11. The molecule has 0 aliphatic heterocycles. The second-order valence-corrected chi connectivity index (χ2v) is 5.00. The maximum atomic E-state index is 11.7. The van der Waals surface area contributed by atoms with Crippen LogP contribution in [0.3, 0.4) is 0 Å². The molecule has 110 valence electrons. The van der Waals surface area contributed by atoms with E-state index in [1.54, 1.807) is 35.3 Å². The number of hydrogen-bond donors (Lipinski definition) is 3. The number of urea groups is 1. The number of nitrogens with one attached hydrogen (secondary N) is 2. The van der Waals surface area contributed by atoms with Crippen LogP contribution in [-0.4, -0.2) is 33.4 Å². The Hall–Kier alpha value is -2.35. The van der Waals surface area contributed by atoms with Crippen molar-refractivity contribution in [1.82, 2.24) is 15.1 Å². The van der Waals surface area contributed by atoms with Crippen LogP contribution >= 0.6 is 15.9 Å². The van der Waals surface area contributed by atoms with Crippen LogP contribution in [0.15, 0.2) is 41.1 Å². The number of aromatic carboxylic acids is 1. The third-order valence-corrected chi connectivity index (χ3v) is 3.33. The molecule has 2 rings (SSSR count). The number of carboxylic acid groups (broad SMARTS) is 1. The lowest BCUT2D eigenvalue weighted by atomic mass is 10.2. The monoisotopic (exact) mass is 352 g/mol. The van der Waals surface area contributed by atoms with Gasteiger partial charge < -0.3 is 15.7 Å². The number of rotatable bonds is 5. The first-order valence-corrected chi connectivity index (χ1v) is 6.90. The molecule has 0 bridgehead atoms. The minimum atomic E-state index is -1.07. The highest BCUT2D eigenvalue weighted by molar-refractivity contribution is 9.10. The van der Waals surface area contributed by atoms with Gasteiger partial charge in [0.1, 0.15) is 0 Å². The Morgan fingerprint density at radius 1 is 1.38 bits per heavy atom. The fourth-order valence-corrected chi connectivity index (χ4v) is 2.08. The van der Waals surface area contributed by atoms with E-state index in [0.717, 1.165) is 0 Å². The van der Waals surface area contributed by atoms with E-state index in [0.29, 0.717) is 23.2 Å². The maximum absolute atomic E-state index is 11.7. The van der Waals surface area contributed by atoms with Crippen molar-refractivity contribution in [2.75, 3.05) is 11.9 Å². The third kappa shape index (κ3) is 4.32. The summed E-state index contributed by atoms with van der Waals surface area (Å²) in [5.74, 6) is -1.07. The van der Waals surface area contributed by atoms with E-state index in [1.807, 2.05) is 0 Å². The van der Waals surface area contributed by atoms with E-state index < -0.39 is 12.0 Å². The zero-order chi connectivity index (χ0) is 15.2. The van der Waals surface area contributed by atoms with Crippen molar-refractivity contribution in [2.45, 2.75) is 6.54 Å². The number of carboxylic acids is 1. The van der Waals surface area contributed by atoms with Gasteiger partial charge in [-0.05, 0) is 40.2 Å². The Balaban J connectivity index is 1.87. The Labute approximate surface area is 129 Å². The number of hydrogen-bond acceptors (Lipinski definition) is 3. The molecule has 2 amide bonds. The number of nitrogens with zero attached hydrogens (tertiary/aromatic N) is 2. The highest BCUT2D eigenvalue weighted by Crippen LogP contribution is 2.21. The molecular formula is C13H13BrN4O3. The van der Waals surface area contributed by atoms with Gasteiger partial charge in [-0.3, -0.25) is 4.68 Å². The van der Waals surface area contributed by atoms with Crippen LogP contribution in [0.2, 0.25) is 0 Å². The second-order valence-electron chi connectivity index (χ2n) is 4.15. The van der Waals surface area contributed by atoms with Gasteiger partial charge in [0.15, 0.2) is 0 Å². The largest absolute Gasteiger partial charge is 0.478 e. The molecule has 0 fully saturated rings.